The third kappa shape index (κ3) is 4.83. The van der Waals surface area contributed by atoms with Gasteiger partial charge in [-0.05, 0) is 43.3 Å². The van der Waals surface area contributed by atoms with E-state index in [2.05, 4.69) is 24.2 Å². The van der Waals surface area contributed by atoms with E-state index in [4.69, 9.17) is 9.72 Å². The highest BCUT2D eigenvalue weighted by Crippen LogP contribution is 2.32. The van der Waals surface area contributed by atoms with Crippen LogP contribution in [0.2, 0.25) is 0 Å². The molecule has 0 aliphatic carbocycles. The van der Waals surface area contributed by atoms with E-state index in [-0.39, 0.29) is 5.91 Å². The van der Waals surface area contributed by atoms with Crippen molar-refractivity contribution in [3.8, 4) is 5.75 Å². The quantitative estimate of drug-likeness (QED) is 0.375. The third-order valence-electron chi connectivity index (χ3n) is 4.61. The summed E-state index contributed by atoms with van der Waals surface area (Å²) in [5.41, 5.74) is 2.07. The number of ether oxygens (including phenoxy) is 1. The topological polar surface area (TPSA) is 60.2 Å². The maximum absolute atomic E-state index is 13.2. The van der Waals surface area contributed by atoms with Gasteiger partial charge in [-0.1, -0.05) is 29.0 Å². The lowest BCUT2D eigenvalue weighted by atomic mass is 10.2. The molecule has 0 radical (unpaired) electrons. The Hall–Kier alpha value is -2.84. The molecule has 4 aromatic rings. The Labute approximate surface area is 183 Å². The average molecular weight is 439 g/mol. The molecule has 0 bridgehead atoms. The molecule has 2 aromatic carbocycles. The van der Waals surface area contributed by atoms with Crippen LogP contribution in [0.15, 0.2) is 65.8 Å². The Morgan fingerprint density at radius 2 is 2.07 bits per heavy atom. The van der Waals surface area contributed by atoms with Gasteiger partial charge in [-0.25, -0.2) is 4.98 Å². The lowest BCUT2D eigenvalue weighted by Gasteiger charge is -2.19. The Morgan fingerprint density at radius 1 is 1.23 bits per heavy atom. The zero-order valence-electron chi connectivity index (χ0n) is 16.8. The van der Waals surface area contributed by atoms with Crippen LogP contribution in [0.3, 0.4) is 0 Å². The smallest absolute Gasteiger partial charge is 0.239 e. The van der Waals surface area contributed by atoms with Crippen LogP contribution in [-0.2, 0) is 11.3 Å². The maximum Gasteiger partial charge on any atom is 0.239 e. The molecule has 6 nitrogen and oxygen atoms in total. The van der Waals surface area contributed by atoms with Gasteiger partial charge in [-0.2, -0.15) is 5.10 Å². The van der Waals surface area contributed by atoms with Crippen molar-refractivity contribution in [2.75, 3.05) is 24.3 Å². The van der Waals surface area contributed by atoms with Crippen molar-refractivity contribution in [3.05, 3.63) is 66.5 Å². The molecule has 0 aliphatic heterocycles. The van der Waals surface area contributed by atoms with Gasteiger partial charge in [0.2, 0.25) is 5.91 Å². The standard InChI is InChI=1S/C22H22N4O2S2/c1-16-4-7-18(8-5-16)29-15-21(27)26(13-12-25-11-3-10-23-25)22-24-19-9-6-17(28-2)14-20(19)30-22/h3-11,14H,12-13,15H2,1-2H3. The summed E-state index contributed by atoms with van der Waals surface area (Å²) in [5, 5.41) is 4.94. The molecule has 0 atom stereocenters. The Morgan fingerprint density at radius 3 is 2.80 bits per heavy atom. The van der Waals surface area contributed by atoms with Gasteiger partial charge in [0.1, 0.15) is 5.75 Å². The maximum atomic E-state index is 13.2. The van der Waals surface area contributed by atoms with Crippen LogP contribution in [0.4, 0.5) is 5.13 Å². The SMILES string of the molecule is COc1ccc2nc(N(CCn3cccn3)C(=O)CSc3ccc(C)cc3)sc2c1. The predicted octanol–water partition coefficient (Wildman–Crippen LogP) is 4.64. The van der Waals surface area contributed by atoms with Crippen molar-refractivity contribution in [3.63, 3.8) is 0 Å². The molecule has 0 aliphatic rings. The number of benzene rings is 2. The average Bonchev–Trinajstić information content (AvgIpc) is 3.42. The van der Waals surface area contributed by atoms with Crippen LogP contribution in [0.1, 0.15) is 5.56 Å². The van der Waals surface area contributed by atoms with Crippen LogP contribution in [-0.4, -0.2) is 40.1 Å². The van der Waals surface area contributed by atoms with E-state index >= 15 is 0 Å². The normalized spacial score (nSPS) is 11.0. The molecule has 0 spiro atoms. The van der Waals surface area contributed by atoms with Gasteiger partial charge in [0.15, 0.2) is 5.13 Å². The van der Waals surface area contributed by atoms with Gasteiger partial charge in [0.05, 0.1) is 29.6 Å². The summed E-state index contributed by atoms with van der Waals surface area (Å²) in [7, 11) is 1.64. The number of anilines is 1. The van der Waals surface area contributed by atoms with Gasteiger partial charge in [-0.15, -0.1) is 11.8 Å². The lowest BCUT2D eigenvalue weighted by Crippen LogP contribution is -2.35. The minimum absolute atomic E-state index is 0.0266. The molecule has 30 heavy (non-hydrogen) atoms. The summed E-state index contributed by atoms with van der Waals surface area (Å²) in [6, 6.07) is 15.8. The van der Waals surface area contributed by atoms with Gasteiger partial charge in [-0.3, -0.25) is 14.4 Å². The number of fused-ring (bicyclic) bond motifs is 1. The molecule has 0 saturated carbocycles. The number of amides is 1. The summed E-state index contributed by atoms with van der Waals surface area (Å²) < 4.78 is 8.13. The van der Waals surface area contributed by atoms with E-state index in [0.717, 1.165) is 20.9 Å². The van der Waals surface area contributed by atoms with E-state index in [1.165, 1.54) is 28.7 Å². The van der Waals surface area contributed by atoms with Crippen LogP contribution in [0, 0.1) is 6.92 Å². The highest BCUT2D eigenvalue weighted by atomic mass is 32.2. The fourth-order valence-corrected chi connectivity index (χ4v) is 4.77. The third-order valence-corrected chi connectivity index (χ3v) is 6.65. The number of carbonyl (C=O) groups is 1. The van der Waals surface area contributed by atoms with Gasteiger partial charge in [0, 0.05) is 23.8 Å². The van der Waals surface area contributed by atoms with E-state index in [0.29, 0.717) is 24.0 Å². The largest absolute Gasteiger partial charge is 0.497 e. The van der Waals surface area contributed by atoms with E-state index in [1.54, 1.807) is 18.2 Å². The first-order valence-electron chi connectivity index (χ1n) is 9.54. The second kappa shape index (κ2) is 9.32. The number of aromatic nitrogens is 3. The molecule has 0 fully saturated rings. The molecule has 4 rings (SSSR count). The first-order chi connectivity index (χ1) is 14.6. The summed E-state index contributed by atoms with van der Waals surface area (Å²) >= 11 is 3.04. The fourth-order valence-electron chi connectivity index (χ4n) is 2.95. The molecule has 1 amide bonds. The second-order valence-electron chi connectivity index (χ2n) is 6.75. The predicted molar refractivity (Wildman–Crippen MR) is 123 cm³/mol. The number of thioether (sulfide) groups is 1. The van der Waals surface area contributed by atoms with Crippen molar-refractivity contribution in [1.82, 2.24) is 14.8 Å². The molecule has 0 unspecified atom stereocenters. The van der Waals surface area contributed by atoms with Crippen LogP contribution in [0.5, 0.6) is 5.75 Å². The molecular weight excluding hydrogens is 416 g/mol. The number of hydrogen-bond donors (Lipinski definition) is 0. The number of rotatable bonds is 8. The monoisotopic (exact) mass is 438 g/mol. The number of carbonyl (C=O) groups excluding carboxylic acids is 1. The zero-order valence-corrected chi connectivity index (χ0v) is 18.4. The van der Waals surface area contributed by atoms with Crippen molar-refractivity contribution >= 4 is 44.4 Å². The minimum Gasteiger partial charge on any atom is -0.497 e. The Balaban J connectivity index is 1.55. The zero-order chi connectivity index (χ0) is 20.9. The van der Waals surface area contributed by atoms with Gasteiger partial charge < -0.3 is 4.74 Å². The highest BCUT2D eigenvalue weighted by molar-refractivity contribution is 8.00. The summed E-state index contributed by atoms with van der Waals surface area (Å²) in [4.78, 5) is 20.7. The Kier molecular flexibility index (Phi) is 6.35. The van der Waals surface area contributed by atoms with Crippen molar-refractivity contribution < 1.29 is 9.53 Å². The molecule has 2 heterocycles. The summed E-state index contributed by atoms with van der Waals surface area (Å²) in [6.07, 6.45) is 3.64. The van der Waals surface area contributed by atoms with E-state index in [1.807, 2.05) is 47.3 Å². The van der Waals surface area contributed by atoms with E-state index < -0.39 is 0 Å². The number of nitrogens with zero attached hydrogens (tertiary/aromatic N) is 4. The Bertz CT molecular complexity index is 1120. The molecule has 8 heteroatoms. The lowest BCUT2D eigenvalue weighted by molar-refractivity contribution is -0.116. The molecule has 2 aromatic heterocycles. The first kappa shape index (κ1) is 20.4. The molecule has 0 N–H and O–H groups in total. The number of methoxy groups -OCH3 is 1. The van der Waals surface area contributed by atoms with Crippen LogP contribution in [0.25, 0.3) is 10.2 Å². The van der Waals surface area contributed by atoms with Crippen molar-refractivity contribution in [2.45, 2.75) is 18.4 Å². The molecular formula is C22H22N4O2S2. The number of aryl methyl sites for hydroxylation is 1. The van der Waals surface area contributed by atoms with Crippen LogP contribution < -0.4 is 9.64 Å². The summed E-state index contributed by atoms with van der Waals surface area (Å²) in [5.74, 6) is 1.15. The van der Waals surface area contributed by atoms with Gasteiger partial charge >= 0.3 is 0 Å². The minimum atomic E-state index is 0.0266. The number of thiazole rings is 1. The highest BCUT2D eigenvalue weighted by Gasteiger charge is 2.20. The summed E-state index contributed by atoms with van der Waals surface area (Å²) in [6.45, 7) is 3.16. The van der Waals surface area contributed by atoms with Gasteiger partial charge in [0.25, 0.3) is 0 Å². The van der Waals surface area contributed by atoms with E-state index in [9.17, 15) is 4.79 Å². The fraction of sp³-hybridized carbons (Fsp3) is 0.227. The second-order valence-corrected chi connectivity index (χ2v) is 8.80. The van der Waals surface area contributed by atoms with Crippen molar-refractivity contribution in [2.24, 2.45) is 0 Å². The molecule has 154 valence electrons. The number of hydrogen-bond acceptors (Lipinski definition) is 6. The first-order valence-corrected chi connectivity index (χ1v) is 11.3. The van der Waals surface area contributed by atoms with Crippen LogP contribution >= 0.6 is 23.1 Å². The molecule has 0 saturated heterocycles. The van der Waals surface area contributed by atoms with Crippen molar-refractivity contribution in [1.29, 1.82) is 0 Å².